The molecule has 0 spiro atoms. The van der Waals surface area contributed by atoms with Crippen LogP contribution >= 0.6 is 0 Å². The highest BCUT2D eigenvalue weighted by Crippen LogP contribution is 2.07. The Hall–Kier alpha value is -0.0800. The lowest BCUT2D eigenvalue weighted by Gasteiger charge is -2.17. The van der Waals surface area contributed by atoms with Crippen LogP contribution in [0, 0.1) is 0 Å². The predicted molar refractivity (Wildman–Crippen MR) is 46.0 cm³/mol. The summed E-state index contributed by atoms with van der Waals surface area (Å²) >= 11 is 0. The lowest BCUT2D eigenvalue weighted by atomic mass is 9.99. The molecule has 0 aliphatic carbocycles. The zero-order chi connectivity index (χ0) is 8.04. The fourth-order valence-electron chi connectivity index (χ4n) is 0.882. The van der Waals surface area contributed by atoms with Gasteiger partial charge in [0.2, 0.25) is 0 Å². The first-order valence-corrected chi connectivity index (χ1v) is 4.00. The van der Waals surface area contributed by atoms with Crippen molar-refractivity contribution in [3.05, 3.63) is 0 Å². The lowest BCUT2D eigenvalue weighted by molar-refractivity contribution is 0.448. The van der Waals surface area contributed by atoms with Gasteiger partial charge in [-0.05, 0) is 40.3 Å². The van der Waals surface area contributed by atoms with Gasteiger partial charge in [-0.25, -0.2) is 0 Å². The Bertz CT molecular complexity index is 73.8. The van der Waals surface area contributed by atoms with Gasteiger partial charge in [0, 0.05) is 5.54 Å². The van der Waals surface area contributed by atoms with E-state index in [4.69, 9.17) is 5.73 Å². The molecule has 0 aliphatic rings. The van der Waals surface area contributed by atoms with Gasteiger partial charge in [0.25, 0.3) is 0 Å². The van der Waals surface area contributed by atoms with Gasteiger partial charge in [-0.3, -0.25) is 0 Å². The van der Waals surface area contributed by atoms with E-state index >= 15 is 0 Å². The summed E-state index contributed by atoms with van der Waals surface area (Å²) in [4.78, 5) is 0. The second-order valence-corrected chi connectivity index (χ2v) is 3.55. The maximum atomic E-state index is 5.80. The molecule has 0 rings (SSSR count). The summed E-state index contributed by atoms with van der Waals surface area (Å²) in [6, 6.07) is 0. The van der Waals surface area contributed by atoms with E-state index in [9.17, 15) is 0 Å². The van der Waals surface area contributed by atoms with Crippen LogP contribution < -0.4 is 11.1 Å². The largest absolute Gasteiger partial charge is 0.326 e. The van der Waals surface area contributed by atoms with E-state index in [-0.39, 0.29) is 5.54 Å². The van der Waals surface area contributed by atoms with E-state index in [1.54, 1.807) is 0 Å². The first-order chi connectivity index (χ1) is 4.56. The van der Waals surface area contributed by atoms with Crippen LogP contribution in [-0.2, 0) is 0 Å². The van der Waals surface area contributed by atoms with Crippen LogP contribution in [0.4, 0.5) is 0 Å². The fraction of sp³-hybridized carbons (Fsp3) is 1.00. The van der Waals surface area contributed by atoms with Crippen molar-refractivity contribution in [3.63, 3.8) is 0 Å². The molecule has 0 saturated carbocycles. The van der Waals surface area contributed by atoms with E-state index in [1.165, 1.54) is 12.8 Å². The van der Waals surface area contributed by atoms with Gasteiger partial charge in [0.1, 0.15) is 0 Å². The molecule has 0 unspecified atom stereocenters. The maximum absolute atomic E-state index is 5.80. The second-order valence-electron chi connectivity index (χ2n) is 3.55. The third kappa shape index (κ3) is 7.92. The minimum Gasteiger partial charge on any atom is -0.326 e. The van der Waals surface area contributed by atoms with Gasteiger partial charge in [-0.2, -0.15) is 0 Å². The minimum atomic E-state index is 0.0216. The number of hydrogen-bond donors (Lipinski definition) is 2. The van der Waals surface area contributed by atoms with Crippen LogP contribution in [0.5, 0.6) is 0 Å². The Labute approximate surface area is 64.2 Å². The Morgan fingerprint density at radius 1 is 1.30 bits per heavy atom. The summed E-state index contributed by atoms with van der Waals surface area (Å²) in [6.45, 7) is 5.26. The molecule has 0 aliphatic heterocycles. The Morgan fingerprint density at radius 3 is 2.30 bits per heavy atom. The molecule has 0 aromatic rings. The standard InChI is InChI=1S/C8H20N2/c1-8(2,9)6-4-5-7-10-3/h10H,4-7,9H2,1-3H3. The molecule has 0 amide bonds. The van der Waals surface area contributed by atoms with Gasteiger partial charge in [-0.1, -0.05) is 6.42 Å². The number of rotatable bonds is 5. The van der Waals surface area contributed by atoms with E-state index in [2.05, 4.69) is 19.2 Å². The summed E-state index contributed by atoms with van der Waals surface area (Å²) in [6.07, 6.45) is 3.58. The minimum absolute atomic E-state index is 0.0216. The van der Waals surface area contributed by atoms with Gasteiger partial charge >= 0.3 is 0 Å². The smallest absolute Gasteiger partial charge is 0.00970 e. The Morgan fingerprint density at radius 2 is 1.90 bits per heavy atom. The topological polar surface area (TPSA) is 38.0 Å². The number of unbranched alkanes of at least 4 members (excludes halogenated alkanes) is 1. The predicted octanol–water partition coefficient (Wildman–Crippen LogP) is 1.11. The van der Waals surface area contributed by atoms with Gasteiger partial charge in [0.15, 0.2) is 0 Å². The molecule has 2 heteroatoms. The number of hydrogen-bond acceptors (Lipinski definition) is 2. The maximum Gasteiger partial charge on any atom is 0.00970 e. The molecule has 10 heavy (non-hydrogen) atoms. The molecule has 3 N–H and O–H groups in total. The molecule has 0 fully saturated rings. The van der Waals surface area contributed by atoms with Crippen LogP contribution in [0.1, 0.15) is 33.1 Å². The van der Waals surface area contributed by atoms with Crippen molar-refractivity contribution in [3.8, 4) is 0 Å². The zero-order valence-corrected chi connectivity index (χ0v) is 7.41. The van der Waals surface area contributed by atoms with Crippen LogP contribution in [0.15, 0.2) is 0 Å². The molecular formula is C8H20N2. The number of nitrogens with two attached hydrogens (primary N) is 1. The van der Waals surface area contributed by atoms with Crippen molar-refractivity contribution in [2.45, 2.75) is 38.6 Å². The Balaban J connectivity index is 3.04. The third-order valence-electron chi connectivity index (χ3n) is 1.50. The van der Waals surface area contributed by atoms with Crippen LogP contribution in [-0.4, -0.2) is 19.1 Å². The zero-order valence-electron chi connectivity index (χ0n) is 7.41. The summed E-state index contributed by atoms with van der Waals surface area (Å²) in [5.74, 6) is 0. The summed E-state index contributed by atoms with van der Waals surface area (Å²) in [5.41, 5.74) is 5.82. The molecule has 0 aromatic heterocycles. The SMILES string of the molecule is CNCCCCC(C)(C)N. The average Bonchev–Trinajstić information content (AvgIpc) is 1.78. The first-order valence-electron chi connectivity index (χ1n) is 4.00. The van der Waals surface area contributed by atoms with Gasteiger partial charge in [-0.15, -0.1) is 0 Å². The molecule has 0 aromatic carbocycles. The number of nitrogens with one attached hydrogen (secondary N) is 1. The monoisotopic (exact) mass is 144 g/mol. The molecule has 0 heterocycles. The van der Waals surface area contributed by atoms with Crippen LogP contribution in [0.3, 0.4) is 0 Å². The van der Waals surface area contributed by atoms with Crippen LogP contribution in [0.25, 0.3) is 0 Å². The van der Waals surface area contributed by atoms with Crippen molar-refractivity contribution in [1.82, 2.24) is 5.32 Å². The molecule has 0 atom stereocenters. The molecule has 2 nitrogen and oxygen atoms in total. The van der Waals surface area contributed by atoms with Crippen LogP contribution in [0.2, 0.25) is 0 Å². The second kappa shape index (κ2) is 4.69. The van der Waals surface area contributed by atoms with Gasteiger partial charge < -0.3 is 11.1 Å². The fourth-order valence-corrected chi connectivity index (χ4v) is 0.882. The highest BCUT2D eigenvalue weighted by molar-refractivity contribution is 4.70. The lowest BCUT2D eigenvalue weighted by Crippen LogP contribution is -2.31. The van der Waals surface area contributed by atoms with Crippen molar-refractivity contribution in [2.75, 3.05) is 13.6 Å². The summed E-state index contributed by atoms with van der Waals surface area (Å²) < 4.78 is 0. The van der Waals surface area contributed by atoms with Crippen molar-refractivity contribution >= 4 is 0 Å². The van der Waals surface area contributed by atoms with E-state index in [1.807, 2.05) is 7.05 Å². The average molecular weight is 144 g/mol. The van der Waals surface area contributed by atoms with Crippen molar-refractivity contribution in [1.29, 1.82) is 0 Å². The molecule has 0 saturated heterocycles. The molecule has 0 radical (unpaired) electrons. The summed E-state index contributed by atoms with van der Waals surface area (Å²) in [7, 11) is 1.98. The quantitative estimate of drug-likeness (QED) is 0.567. The first kappa shape index (κ1) is 9.92. The highest BCUT2D eigenvalue weighted by atomic mass is 14.8. The highest BCUT2D eigenvalue weighted by Gasteiger charge is 2.08. The molecule has 0 bridgehead atoms. The normalized spacial score (nSPS) is 12.0. The van der Waals surface area contributed by atoms with Crippen molar-refractivity contribution in [2.24, 2.45) is 5.73 Å². The Kier molecular flexibility index (Phi) is 4.65. The van der Waals surface area contributed by atoms with E-state index < -0.39 is 0 Å². The van der Waals surface area contributed by atoms with Crippen molar-refractivity contribution < 1.29 is 0 Å². The third-order valence-corrected chi connectivity index (χ3v) is 1.50. The molecular weight excluding hydrogens is 124 g/mol. The van der Waals surface area contributed by atoms with E-state index in [0.717, 1.165) is 13.0 Å². The molecule has 62 valence electrons. The van der Waals surface area contributed by atoms with E-state index in [0.29, 0.717) is 0 Å². The summed E-state index contributed by atoms with van der Waals surface area (Å²) in [5, 5.41) is 3.11. The van der Waals surface area contributed by atoms with Gasteiger partial charge in [0.05, 0.1) is 0 Å².